The number of carbonyl (C=O) groups excluding carboxylic acids is 2. The zero-order valence-electron chi connectivity index (χ0n) is 24.6. The van der Waals surface area contributed by atoms with Crippen LogP contribution in [0.25, 0.3) is 16.5 Å². The second-order valence-corrected chi connectivity index (χ2v) is 10.5. The minimum atomic E-state index is -0.590. The van der Waals surface area contributed by atoms with Gasteiger partial charge in [-0.1, -0.05) is 36.4 Å². The van der Waals surface area contributed by atoms with E-state index in [0.29, 0.717) is 11.6 Å². The summed E-state index contributed by atoms with van der Waals surface area (Å²) in [5, 5.41) is 18.5. The van der Waals surface area contributed by atoms with Crippen LogP contribution in [0.4, 0.5) is 17.1 Å². The highest BCUT2D eigenvalue weighted by atomic mass is 16.5. The molecule has 3 N–H and O–H groups in total. The number of fused-ring (bicyclic) bond motifs is 1. The summed E-state index contributed by atoms with van der Waals surface area (Å²) in [5.74, 6) is 0.495. The van der Waals surface area contributed by atoms with Crippen molar-refractivity contribution in [1.82, 2.24) is 4.98 Å². The number of hydrogen-bond acceptors (Lipinski definition) is 7. The Morgan fingerprint density at radius 3 is 2.40 bits per heavy atom. The van der Waals surface area contributed by atoms with Crippen LogP contribution >= 0.6 is 0 Å². The Kier molecular flexibility index (Phi) is 11.1. The molecule has 9 heteroatoms. The number of anilines is 3. The van der Waals surface area contributed by atoms with E-state index in [1.165, 1.54) is 11.1 Å². The Morgan fingerprint density at radius 1 is 1.14 bits per heavy atom. The summed E-state index contributed by atoms with van der Waals surface area (Å²) in [4.78, 5) is 28.6. The number of primary amides is 1. The maximum absolute atomic E-state index is 11.8. The summed E-state index contributed by atoms with van der Waals surface area (Å²) in [6.07, 6.45) is 12.3. The molecule has 2 aromatic carbocycles. The number of rotatable bonds is 9. The summed E-state index contributed by atoms with van der Waals surface area (Å²) < 4.78 is 5.45. The van der Waals surface area contributed by atoms with E-state index in [1.807, 2.05) is 80.4 Å². The Morgan fingerprint density at radius 2 is 1.81 bits per heavy atom. The van der Waals surface area contributed by atoms with Crippen LogP contribution in [0.3, 0.4) is 0 Å². The Hall–Kier alpha value is -4.81. The average Bonchev–Trinajstić information content (AvgIpc) is 3.02. The molecule has 9 nitrogen and oxygen atoms in total. The van der Waals surface area contributed by atoms with Gasteiger partial charge in [0, 0.05) is 44.6 Å². The molecule has 3 aromatic rings. The van der Waals surface area contributed by atoms with Crippen LogP contribution in [0.5, 0.6) is 0 Å². The van der Waals surface area contributed by atoms with E-state index < -0.39 is 5.41 Å². The number of pyridine rings is 1. The smallest absolute Gasteiger partial charge is 0.213 e. The molecule has 1 aromatic heterocycles. The SMILES string of the molecule is CN(C=O)c1cnc2ccc(/C(C=N)=C/C=C/C3CCOCC3)cc2c1N(C)c1ccc(C(C)(C)C#N)cc1.NC=O. The van der Waals surface area contributed by atoms with Gasteiger partial charge in [-0.05, 0) is 73.6 Å². The van der Waals surface area contributed by atoms with E-state index >= 15 is 0 Å². The Bertz CT molecular complexity index is 1500. The molecule has 0 atom stereocenters. The zero-order valence-corrected chi connectivity index (χ0v) is 24.6. The van der Waals surface area contributed by atoms with Crippen LogP contribution in [-0.4, -0.2) is 51.3 Å². The third-order valence-corrected chi connectivity index (χ3v) is 7.36. The fraction of sp³-hybridized carbons (Fsp3) is 0.303. The molecule has 0 aliphatic carbocycles. The molecule has 1 aliphatic heterocycles. The average molecular weight is 567 g/mol. The second kappa shape index (κ2) is 14.7. The zero-order chi connectivity index (χ0) is 30.7. The molecule has 0 unspecified atom stereocenters. The van der Waals surface area contributed by atoms with Gasteiger partial charge >= 0.3 is 0 Å². The lowest BCUT2D eigenvalue weighted by atomic mass is 9.86. The van der Waals surface area contributed by atoms with Gasteiger partial charge in [-0.25, -0.2) is 0 Å². The molecule has 0 saturated carbocycles. The molecule has 42 heavy (non-hydrogen) atoms. The van der Waals surface area contributed by atoms with Gasteiger partial charge in [0.25, 0.3) is 0 Å². The molecule has 0 spiro atoms. The predicted molar refractivity (Wildman–Crippen MR) is 169 cm³/mol. The monoisotopic (exact) mass is 566 g/mol. The van der Waals surface area contributed by atoms with Gasteiger partial charge in [0.05, 0.1) is 34.6 Å². The lowest BCUT2D eigenvalue weighted by Crippen LogP contribution is -2.20. The van der Waals surface area contributed by atoms with Gasteiger partial charge < -0.3 is 25.7 Å². The van der Waals surface area contributed by atoms with E-state index in [4.69, 9.17) is 14.9 Å². The summed E-state index contributed by atoms with van der Waals surface area (Å²) in [5.41, 5.74) is 9.37. The maximum atomic E-state index is 11.8. The molecule has 218 valence electrons. The van der Waals surface area contributed by atoms with E-state index in [1.54, 1.807) is 13.2 Å². The van der Waals surface area contributed by atoms with Gasteiger partial charge in [-0.2, -0.15) is 5.26 Å². The van der Waals surface area contributed by atoms with Crippen LogP contribution in [-0.2, 0) is 19.7 Å². The molecule has 2 heterocycles. The second-order valence-electron chi connectivity index (χ2n) is 10.5. The Balaban J connectivity index is 0.00000155. The maximum Gasteiger partial charge on any atom is 0.213 e. The van der Waals surface area contributed by atoms with Crippen molar-refractivity contribution in [1.29, 1.82) is 10.7 Å². The molecule has 1 fully saturated rings. The lowest BCUT2D eigenvalue weighted by molar-refractivity contribution is -0.107. The van der Waals surface area contributed by atoms with E-state index in [2.05, 4.69) is 22.9 Å². The first-order valence-corrected chi connectivity index (χ1v) is 13.7. The molecule has 1 aliphatic rings. The number of allylic oxidation sites excluding steroid dienone is 4. The van der Waals surface area contributed by atoms with Crippen molar-refractivity contribution >= 4 is 52.6 Å². The highest BCUT2D eigenvalue weighted by Gasteiger charge is 2.21. The molecule has 0 radical (unpaired) electrons. The number of hydrogen-bond donors (Lipinski definition) is 2. The first-order valence-electron chi connectivity index (χ1n) is 13.7. The van der Waals surface area contributed by atoms with Crippen LogP contribution in [0, 0.1) is 22.7 Å². The first-order chi connectivity index (χ1) is 20.2. The lowest BCUT2D eigenvalue weighted by Gasteiger charge is -2.27. The van der Waals surface area contributed by atoms with Gasteiger partial charge in [0.1, 0.15) is 0 Å². The van der Waals surface area contributed by atoms with Crippen LogP contribution in [0.2, 0.25) is 0 Å². The van der Waals surface area contributed by atoms with Crippen molar-refractivity contribution in [2.24, 2.45) is 11.7 Å². The fourth-order valence-electron chi connectivity index (χ4n) is 4.76. The number of ether oxygens (including phenoxy) is 1. The van der Waals surface area contributed by atoms with Crippen molar-refractivity contribution in [3.63, 3.8) is 0 Å². The van der Waals surface area contributed by atoms with Crippen molar-refractivity contribution in [2.75, 3.05) is 37.1 Å². The van der Waals surface area contributed by atoms with Gasteiger partial charge in [0.15, 0.2) is 0 Å². The Labute approximate surface area is 247 Å². The molecule has 4 rings (SSSR count). The first kappa shape index (κ1) is 31.7. The topological polar surface area (TPSA) is 136 Å². The molecular formula is C33H38N6O3. The van der Waals surface area contributed by atoms with Gasteiger partial charge in [-0.15, -0.1) is 0 Å². The number of nitrogens with zero attached hydrogens (tertiary/aromatic N) is 4. The number of aromatic nitrogens is 1. The quantitative estimate of drug-likeness (QED) is 0.199. The van der Waals surface area contributed by atoms with Gasteiger partial charge in [0.2, 0.25) is 12.8 Å². The van der Waals surface area contributed by atoms with Crippen molar-refractivity contribution in [3.05, 3.63) is 78.0 Å². The predicted octanol–water partition coefficient (Wildman–Crippen LogP) is 5.51. The van der Waals surface area contributed by atoms with Crippen LogP contribution < -0.4 is 15.5 Å². The minimum Gasteiger partial charge on any atom is -0.381 e. The summed E-state index contributed by atoms with van der Waals surface area (Å²) in [6.45, 7) is 5.38. The van der Waals surface area contributed by atoms with Crippen LogP contribution in [0.15, 0.2) is 66.9 Å². The number of carbonyl (C=O) groups is 2. The van der Waals surface area contributed by atoms with E-state index in [0.717, 1.165) is 71.4 Å². The number of nitriles is 1. The summed E-state index contributed by atoms with van der Waals surface area (Å²) in [6, 6.07) is 16.2. The van der Waals surface area contributed by atoms with Gasteiger partial charge in [-0.3, -0.25) is 14.6 Å². The highest BCUT2D eigenvalue weighted by molar-refractivity contribution is 6.11. The molecule has 0 bridgehead atoms. The molecular weight excluding hydrogens is 528 g/mol. The molecule has 2 amide bonds. The van der Waals surface area contributed by atoms with Crippen molar-refractivity contribution in [2.45, 2.75) is 32.1 Å². The van der Waals surface area contributed by atoms with Crippen LogP contribution in [0.1, 0.15) is 37.8 Å². The van der Waals surface area contributed by atoms with Crippen molar-refractivity contribution in [3.8, 4) is 6.07 Å². The minimum absolute atomic E-state index is 0.250. The number of nitrogens with two attached hydrogens (primary N) is 1. The fourth-order valence-corrected chi connectivity index (χ4v) is 4.76. The number of benzene rings is 2. The normalized spacial score (nSPS) is 14.0. The number of nitrogens with one attached hydrogen (secondary N) is 1. The highest BCUT2D eigenvalue weighted by Crippen LogP contribution is 2.39. The summed E-state index contributed by atoms with van der Waals surface area (Å²) in [7, 11) is 3.66. The van der Waals surface area contributed by atoms with Crippen molar-refractivity contribution < 1.29 is 14.3 Å². The summed E-state index contributed by atoms with van der Waals surface area (Å²) >= 11 is 0. The number of amides is 2. The third kappa shape index (κ3) is 7.47. The van der Waals surface area contributed by atoms with E-state index in [9.17, 15) is 10.1 Å². The standard InChI is InChI=1S/C32H35N5O2.CH3NO/c1-32(2,21-34)26-9-11-27(12-10-26)37(4)31-28-18-24(8-13-29(28)35-20-30(31)36(3)22-38)25(19-33)7-5-6-23-14-16-39-17-15-23;2-1-3/h5-13,18-20,22-23,33H,14-17H2,1-4H3;1H,(H2,2,3)/b6-5+,25-7+,33-19?;. The van der Waals surface area contributed by atoms with E-state index in [-0.39, 0.29) is 6.41 Å². The largest absolute Gasteiger partial charge is 0.381 e. The third-order valence-electron chi connectivity index (χ3n) is 7.36. The molecule has 1 saturated heterocycles.